The Hall–Kier alpha value is -1.63. The molecule has 27 heavy (non-hydrogen) atoms. The van der Waals surface area contributed by atoms with E-state index in [1.807, 2.05) is 12.1 Å². The van der Waals surface area contributed by atoms with Gasteiger partial charge in [0, 0.05) is 36.6 Å². The Kier molecular flexibility index (Phi) is 9.22. The maximum atomic E-state index is 13.8. The molecule has 1 saturated heterocycles. The lowest BCUT2D eigenvalue weighted by molar-refractivity contribution is 0.503. The zero-order chi connectivity index (χ0) is 17.8. The predicted molar refractivity (Wildman–Crippen MR) is 114 cm³/mol. The molecule has 0 spiro atoms. The SMILES string of the molecule is CCCc1cc(N2CCC[C@@H](N)C2)nc(Nc2ccc(C)c(F)c2)n1.Cl.Cl. The Morgan fingerprint density at radius 1 is 1.26 bits per heavy atom. The first-order chi connectivity index (χ1) is 12.0. The molecular formula is C19H28Cl2FN5. The summed E-state index contributed by atoms with van der Waals surface area (Å²) < 4.78 is 13.8. The molecular weight excluding hydrogens is 388 g/mol. The standard InChI is InChI=1S/C19H26FN5.2ClH/c1-3-5-15-11-18(25-9-4-6-14(21)12-25)24-19(22-15)23-16-8-7-13(2)17(20)10-16;;/h7-8,10-11,14H,3-6,9,12,21H2,1-2H3,(H,22,23,24);2*1H/t14-;;/m1../s1. The smallest absolute Gasteiger partial charge is 0.229 e. The van der Waals surface area contributed by atoms with Gasteiger partial charge in [-0.2, -0.15) is 4.98 Å². The van der Waals surface area contributed by atoms with Gasteiger partial charge in [0.05, 0.1) is 0 Å². The van der Waals surface area contributed by atoms with Crippen molar-refractivity contribution in [1.82, 2.24) is 9.97 Å². The molecule has 150 valence electrons. The van der Waals surface area contributed by atoms with Crippen LogP contribution < -0.4 is 16.0 Å². The number of aryl methyl sites for hydroxylation is 2. The third-order valence-corrected chi connectivity index (χ3v) is 4.48. The molecule has 0 saturated carbocycles. The van der Waals surface area contributed by atoms with E-state index >= 15 is 0 Å². The van der Waals surface area contributed by atoms with E-state index < -0.39 is 0 Å². The molecule has 1 aromatic heterocycles. The van der Waals surface area contributed by atoms with Crippen LogP contribution in [-0.2, 0) is 6.42 Å². The van der Waals surface area contributed by atoms with Crippen molar-refractivity contribution in [2.45, 2.75) is 45.6 Å². The summed E-state index contributed by atoms with van der Waals surface area (Å²) in [5, 5.41) is 3.14. The van der Waals surface area contributed by atoms with E-state index in [1.165, 1.54) is 6.07 Å². The van der Waals surface area contributed by atoms with Gasteiger partial charge in [-0.3, -0.25) is 0 Å². The number of hydrogen-bond acceptors (Lipinski definition) is 5. The van der Waals surface area contributed by atoms with Crippen LogP contribution >= 0.6 is 24.8 Å². The molecule has 8 heteroatoms. The van der Waals surface area contributed by atoms with Crippen LogP contribution in [0.4, 0.5) is 21.8 Å². The minimum atomic E-state index is -0.239. The van der Waals surface area contributed by atoms with Crippen molar-refractivity contribution in [3.05, 3.63) is 41.3 Å². The summed E-state index contributed by atoms with van der Waals surface area (Å²) >= 11 is 0. The molecule has 1 aromatic carbocycles. The number of aromatic nitrogens is 2. The lowest BCUT2D eigenvalue weighted by Gasteiger charge is -2.32. The van der Waals surface area contributed by atoms with Gasteiger partial charge in [0.1, 0.15) is 11.6 Å². The third kappa shape index (κ3) is 6.19. The number of rotatable bonds is 5. The van der Waals surface area contributed by atoms with Gasteiger partial charge < -0.3 is 16.0 Å². The van der Waals surface area contributed by atoms with Gasteiger partial charge in [-0.25, -0.2) is 9.37 Å². The highest BCUT2D eigenvalue weighted by molar-refractivity contribution is 5.85. The minimum absolute atomic E-state index is 0. The van der Waals surface area contributed by atoms with Crippen LogP contribution in [0.2, 0.25) is 0 Å². The highest BCUT2D eigenvalue weighted by Gasteiger charge is 2.19. The predicted octanol–water partition coefficient (Wildman–Crippen LogP) is 4.39. The molecule has 1 atom stereocenters. The summed E-state index contributed by atoms with van der Waals surface area (Å²) in [6.45, 7) is 5.63. The third-order valence-electron chi connectivity index (χ3n) is 4.48. The average molecular weight is 416 g/mol. The Morgan fingerprint density at radius 2 is 2.04 bits per heavy atom. The van der Waals surface area contributed by atoms with Gasteiger partial charge in [-0.1, -0.05) is 19.4 Å². The molecule has 2 aromatic rings. The Labute approximate surface area is 172 Å². The number of halogens is 3. The van der Waals surface area contributed by atoms with Crippen molar-refractivity contribution in [3.63, 3.8) is 0 Å². The first kappa shape index (κ1) is 23.4. The number of hydrogen-bond donors (Lipinski definition) is 2. The first-order valence-electron chi connectivity index (χ1n) is 8.97. The fourth-order valence-corrected chi connectivity index (χ4v) is 3.10. The van der Waals surface area contributed by atoms with E-state index in [0.717, 1.165) is 50.3 Å². The molecule has 0 radical (unpaired) electrons. The van der Waals surface area contributed by atoms with Crippen LogP contribution in [0.3, 0.4) is 0 Å². The number of nitrogens with two attached hydrogens (primary N) is 1. The van der Waals surface area contributed by atoms with Crippen LogP contribution in [0.15, 0.2) is 24.3 Å². The number of nitrogens with one attached hydrogen (secondary N) is 1. The van der Waals surface area contributed by atoms with Crippen molar-refractivity contribution in [2.75, 3.05) is 23.3 Å². The number of nitrogens with zero attached hydrogens (tertiary/aromatic N) is 3. The molecule has 1 aliphatic rings. The van der Waals surface area contributed by atoms with E-state index in [0.29, 0.717) is 17.2 Å². The quantitative estimate of drug-likeness (QED) is 0.757. The zero-order valence-corrected chi connectivity index (χ0v) is 17.4. The first-order valence-corrected chi connectivity index (χ1v) is 8.97. The van der Waals surface area contributed by atoms with Crippen LogP contribution in [0.1, 0.15) is 37.4 Å². The Balaban J connectivity index is 0.00000182. The van der Waals surface area contributed by atoms with E-state index in [-0.39, 0.29) is 36.7 Å². The van der Waals surface area contributed by atoms with Gasteiger partial charge in [-0.15, -0.1) is 24.8 Å². The summed E-state index contributed by atoms with van der Waals surface area (Å²) in [5.41, 5.74) is 8.37. The van der Waals surface area contributed by atoms with E-state index in [2.05, 4.69) is 27.1 Å². The molecule has 3 rings (SSSR count). The number of piperidine rings is 1. The van der Waals surface area contributed by atoms with Crippen LogP contribution in [0.5, 0.6) is 0 Å². The van der Waals surface area contributed by atoms with E-state index in [4.69, 9.17) is 5.73 Å². The monoisotopic (exact) mass is 415 g/mol. The maximum absolute atomic E-state index is 13.8. The summed E-state index contributed by atoms with van der Waals surface area (Å²) in [4.78, 5) is 11.4. The van der Waals surface area contributed by atoms with Crippen LogP contribution in [0, 0.1) is 12.7 Å². The highest BCUT2D eigenvalue weighted by Crippen LogP contribution is 2.23. The number of benzene rings is 1. The molecule has 3 N–H and O–H groups in total. The van der Waals surface area contributed by atoms with Crippen molar-refractivity contribution in [1.29, 1.82) is 0 Å². The second-order valence-corrected chi connectivity index (χ2v) is 6.73. The van der Waals surface area contributed by atoms with E-state index in [1.54, 1.807) is 13.0 Å². The van der Waals surface area contributed by atoms with Crippen molar-refractivity contribution in [2.24, 2.45) is 5.73 Å². The molecule has 1 aliphatic heterocycles. The Bertz CT molecular complexity index is 744. The van der Waals surface area contributed by atoms with E-state index in [9.17, 15) is 4.39 Å². The summed E-state index contributed by atoms with van der Waals surface area (Å²) in [5.74, 6) is 1.16. The molecule has 0 amide bonds. The molecule has 5 nitrogen and oxygen atoms in total. The fraction of sp³-hybridized carbons (Fsp3) is 0.474. The zero-order valence-electron chi connectivity index (χ0n) is 15.7. The number of anilines is 3. The molecule has 2 heterocycles. The van der Waals surface area contributed by atoms with Gasteiger partial charge in [0.2, 0.25) is 5.95 Å². The summed E-state index contributed by atoms with van der Waals surface area (Å²) in [6.07, 6.45) is 4.01. The molecule has 0 unspecified atom stereocenters. The van der Waals surface area contributed by atoms with Gasteiger partial charge in [-0.05, 0) is 43.9 Å². The highest BCUT2D eigenvalue weighted by atomic mass is 35.5. The second kappa shape index (κ2) is 10.6. The maximum Gasteiger partial charge on any atom is 0.229 e. The summed E-state index contributed by atoms with van der Waals surface area (Å²) in [7, 11) is 0. The minimum Gasteiger partial charge on any atom is -0.355 e. The molecule has 0 aliphatic carbocycles. The van der Waals surface area contributed by atoms with Gasteiger partial charge in [0.25, 0.3) is 0 Å². The van der Waals surface area contributed by atoms with Crippen LogP contribution in [0.25, 0.3) is 0 Å². The van der Waals surface area contributed by atoms with Crippen molar-refractivity contribution >= 4 is 42.3 Å². The largest absolute Gasteiger partial charge is 0.355 e. The van der Waals surface area contributed by atoms with Gasteiger partial charge in [0.15, 0.2) is 0 Å². The Morgan fingerprint density at radius 3 is 2.70 bits per heavy atom. The lowest BCUT2D eigenvalue weighted by Crippen LogP contribution is -2.43. The lowest BCUT2D eigenvalue weighted by atomic mass is 10.1. The normalized spacial score (nSPS) is 16.3. The fourth-order valence-electron chi connectivity index (χ4n) is 3.10. The summed E-state index contributed by atoms with van der Waals surface area (Å²) in [6, 6.07) is 7.29. The van der Waals surface area contributed by atoms with Gasteiger partial charge >= 0.3 is 0 Å². The molecule has 0 bridgehead atoms. The molecule has 1 fully saturated rings. The van der Waals surface area contributed by atoms with Crippen LogP contribution in [-0.4, -0.2) is 29.1 Å². The average Bonchev–Trinajstić information content (AvgIpc) is 2.58. The topological polar surface area (TPSA) is 67.1 Å². The van der Waals surface area contributed by atoms with Crippen molar-refractivity contribution in [3.8, 4) is 0 Å². The second-order valence-electron chi connectivity index (χ2n) is 6.73. The van der Waals surface area contributed by atoms with Crippen molar-refractivity contribution < 1.29 is 4.39 Å².